The Hall–Kier alpha value is -1.10. The Kier molecular flexibility index (Phi) is 3.91. The Labute approximate surface area is 95.7 Å². The molecule has 1 heterocycles. The van der Waals surface area contributed by atoms with Crippen LogP contribution in [0.4, 0.5) is 4.79 Å². The molecule has 0 aromatic carbocycles. The lowest BCUT2D eigenvalue weighted by molar-refractivity contribution is -0.130. The molecule has 0 aliphatic carbocycles. The van der Waals surface area contributed by atoms with E-state index in [-0.39, 0.29) is 12.6 Å². The molecule has 1 aliphatic rings. The van der Waals surface area contributed by atoms with Crippen LogP contribution < -0.4 is 0 Å². The summed E-state index contributed by atoms with van der Waals surface area (Å²) < 4.78 is 10.6. The molecule has 5 nitrogen and oxygen atoms in total. The normalized spacial score (nSPS) is 26.4. The molecule has 0 aromatic heterocycles. The molecule has 2 atom stereocenters. The number of amides is 1. The predicted molar refractivity (Wildman–Crippen MR) is 58.2 cm³/mol. The van der Waals surface area contributed by atoms with Gasteiger partial charge in [0.1, 0.15) is 11.7 Å². The van der Waals surface area contributed by atoms with Gasteiger partial charge in [0.2, 0.25) is 0 Å². The maximum absolute atomic E-state index is 11.8. The van der Waals surface area contributed by atoms with E-state index in [4.69, 9.17) is 9.47 Å². The van der Waals surface area contributed by atoms with Crippen molar-refractivity contribution in [2.24, 2.45) is 0 Å². The maximum Gasteiger partial charge on any atom is 0.410 e. The van der Waals surface area contributed by atoms with Gasteiger partial charge in [-0.2, -0.15) is 0 Å². The first kappa shape index (κ1) is 13.0. The third-order valence-electron chi connectivity index (χ3n) is 2.09. The van der Waals surface area contributed by atoms with Gasteiger partial charge in [-0.1, -0.05) is 0 Å². The van der Waals surface area contributed by atoms with E-state index in [1.165, 1.54) is 4.90 Å². The maximum atomic E-state index is 11.8. The first-order valence-corrected chi connectivity index (χ1v) is 5.40. The number of aldehydes is 1. The zero-order valence-corrected chi connectivity index (χ0v) is 10.2. The Morgan fingerprint density at radius 3 is 2.56 bits per heavy atom. The van der Waals surface area contributed by atoms with Gasteiger partial charge in [-0.3, -0.25) is 0 Å². The molecular weight excluding hydrogens is 210 g/mol. The molecular formula is C11H19NO4. The van der Waals surface area contributed by atoms with Gasteiger partial charge < -0.3 is 19.2 Å². The summed E-state index contributed by atoms with van der Waals surface area (Å²) in [5.74, 6) is 0. The smallest absolute Gasteiger partial charge is 0.410 e. The highest BCUT2D eigenvalue weighted by molar-refractivity contribution is 5.69. The van der Waals surface area contributed by atoms with Crippen LogP contribution in [0, 0.1) is 0 Å². The predicted octanol–water partition coefficient (Wildman–Crippen LogP) is 1.21. The number of carbonyl (C=O) groups excluding carboxylic acids is 2. The fourth-order valence-corrected chi connectivity index (χ4v) is 1.54. The number of rotatable bonds is 1. The molecule has 5 heteroatoms. The van der Waals surface area contributed by atoms with Crippen LogP contribution in [0.2, 0.25) is 0 Å². The molecule has 0 saturated carbocycles. The molecule has 1 aliphatic heterocycles. The highest BCUT2D eigenvalue weighted by atomic mass is 16.6. The molecule has 0 spiro atoms. The van der Waals surface area contributed by atoms with Gasteiger partial charge in [-0.15, -0.1) is 0 Å². The molecule has 1 fully saturated rings. The molecule has 0 aromatic rings. The lowest BCUT2D eigenvalue weighted by atomic mass is 10.2. The van der Waals surface area contributed by atoms with Gasteiger partial charge in [0, 0.05) is 0 Å². The van der Waals surface area contributed by atoms with Crippen LogP contribution in [0.1, 0.15) is 27.7 Å². The molecule has 1 rings (SSSR count). The summed E-state index contributed by atoms with van der Waals surface area (Å²) in [4.78, 5) is 23.9. The van der Waals surface area contributed by atoms with Gasteiger partial charge in [0.15, 0.2) is 6.29 Å². The molecule has 0 bridgehead atoms. The molecule has 0 N–H and O–H groups in total. The summed E-state index contributed by atoms with van der Waals surface area (Å²) in [7, 11) is 0. The van der Waals surface area contributed by atoms with Crippen molar-refractivity contribution in [3.63, 3.8) is 0 Å². The average Bonchev–Trinajstić information content (AvgIpc) is 2.14. The Bertz CT molecular complexity index is 272. The molecule has 92 valence electrons. The molecule has 1 saturated heterocycles. The van der Waals surface area contributed by atoms with E-state index in [0.29, 0.717) is 12.8 Å². The minimum atomic E-state index is -0.545. The van der Waals surface area contributed by atoms with Gasteiger partial charge >= 0.3 is 6.09 Å². The standard InChI is InChI=1S/C11H19NO4/c1-8-5-12(6-9(7-13)15-8)10(14)16-11(2,3)4/h7-9H,5-6H2,1-4H3/t8-,9+/m1/s1. The van der Waals surface area contributed by atoms with Gasteiger partial charge in [0.25, 0.3) is 0 Å². The summed E-state index contributed by atoms with van der Waals surface area (Å²) in [6.45, 7) is 7.99. The first-order valence-electron chi connectivity index (χ1n) is 5.40. The summed E-state index contributed by atoms with van der Waals surface area (Å²) >= 11 is 0. The van der Waals surface area contributed by atoms with Crippen LogP contribution in [-0.2, 0) is 14.3 Å². The van der Waals surface area contributed by atoms with E-state index >= 15 is 0 Å². The molecule has 1 amide bonds. The topological polar surface area (TPSA) is 55.8 Å². The SMILES string of the molecule is C[C@@H]1CN(C(=O)OC(C)(C)C)C[C@@H](C=O)O1. The second-order valence-electron chi connectivity index (χ2n) is 5.01. The summed E-state index contributed by atoms with van der Waals surface area (Å²) in [5.41, 5.74) is -0.519. The Morgan fingerprint density at radius 2 is 2.06 bits per heavy atom. The molecule has 0 radical (unpaired) electrons. The van der Waals surface area contributed by atoms with Crippen molar-refractivity contribution < 1.29 is 19.1 Å². The highest BCUT2D eigenvalue weighted by Crippen LogP contribution is 2.15. The minimum Gasteiger partial charge on any atom is -0.444 e. The van der Waals surface area contributed by atoms with E-state index in [9.17, 15) is 9.59 Å². The lowest BCUT2D eigenvalue weighted by Crippen LogP contribution is -2.51. The molecule has 0 unspecified atom stereocenters. The fraction of sp³-hybridized carbons (Fsp3) is 0.818. The summed E-state index contributed by atoms with van der Waals surface area (Å²) in [5, 5.41) is 0. The van der Waals surface area contributed by atoms with Crippen molar-refractivity contribution >= 4 is 12.4 Å². The van der Waals surface area contributed by atoms with Crippen molar-refractivity contribution in [1.29, 1.82) is 0 Å². The Balaban J connectivity index is 2.58. The third-order valence-corrected chi connectivity index (χ3v) is 2.09. The monoisotopic (exact) mass is 229 g/mol. The van der Waals surface area contributed by atoms with E-state index in [1.807, 2.05) is 27.7 Å². The fourth-order valence-electron chi connectivity index (χ4n) is 1.54. The van der Waals surface area contributed by atoms with Crippen molar-refractivity contribution in [2.75, 3.05) is 13.1 Å². The minimum absolute atomic E-state index is 0.142. The zero-order valence-electron chi connectivity index (χ0n) is 10.2. The number of nitrogens with zero attached hydrogens (tertiary/aromatic N) is 1. The second kappa shape index (κ2) is 4.82. The Morgan fingerprint density at radius 1 is 1.44 bits per heavy atom. The van der Waals surface area contributed by atoms with Crippen LogP contribution in [0.15, 0.2) is 0 Å². The van der Waals surface area contributed by atoms with Crippen LogP contribution >= 0.6 is 0 Å². The van der Waals surface area contributed by atoms with Crippen LogP contribution in [-0.4, -0.2) is 48.2 Å². The van der Waals surface area contributed by atoms with Crippen LogP contribution in [0.25, 0.3) is 0 Å². The average molecular weight is 229 g/mol. The van der Waals surface area contributed by atoms with Crippen molar-refractivity contribution in [3.05, 3.63) is 0 Å². The third kappa shape index (κ3) is 3.81. The number of morpholine rings is 1. The summed E-state index contributed by atoms with van der Waals surface area (Å²) in [6.07, 6.45) is -0.366. The van der Waals surface area contributed by atoms with E-state index in [0.717, 1.165) is 0 Å². The second-order valence-corrected chi connectivity index (χ2v) is 5.01. The number of hydrogen-bond acceptors (Lipinski definition) is 4. The summed E-state index contributed by atoms with van der Waals surface area (Å²) in [6, 6.07) is 0. The van der Waals surface area contributed by atoms with Crippen LogP contribution in [0.5, 0.6) is 0 Å². The highest BCUT2D eigenvalue weighted by Gasteiger charge is 2.30. The van der Waals surface area contributed by atoms with Crippen molar-refractivity contribution in [3.8, 4) is 0 Å². The zero-order chi connectivity index (χ0) is 12.3. The van der Waals surface area contributed by atoms with Crippen molar-refractivity contribution in [2.45, 2.75) is 45.5 Å². The number of ether oxygens (including phenoxy) is 2. The quantitative estimate of drug-likeness (QED) is 0.634. The van der Waals surface area contributed by atoms with E-state index in [1.54, 1.807) is 0 Å². The van der Waals surface area contributed by atoms with E-state index in [2.05, 4.69) is 0 Å². The van der Waals surface area contributed by atoms with Crippen molar-refractivity contribution in [1.82, 2.24) is 4.90 Å². The molecule has 16 heavy (non-hydrogen) atoms. The van der Waals surface area contributed by atoms with Gasteiger partial charge in [0.05, 0.1) is 19.2 Å². The first-order chi connectivity index (χ1) is 7.31. The van der Waals surface area contributed by atoms with E-state index < -0.39 is 17.8 Å². The largest absolute Gasteiger partial charge is 0.444 e. The van der Waals surface area contributed by atoms with Gasteiger partial charge in [-0.25, -0.2) is 4.79 Å². The van der Waals surface area contributed by atoms with Crippen LogP contribution in [0.3, 0.4) is 0 Å². The van der Waals surface area contributed by atoms with Gasteiger partial charge in [-0.05, 0) is 27.7 Å². The lowest BCUT2D eigenvalue weighted by Gasteiger charge is -2.35. The number of hydrogen-bond donors (Lipinski definition) is 0. The number of carbonyl (C=O) groups is 2.